The van der Waals surface area contributed by atoms with Gasteiger partial charge in [0, 0.05) is 5.39 Å². The summed E-state index contributed by atoms with van der Waals surface area (Å²) in [5.41, 5.74) is 2.84. The first-order valence-corrected chi connectivity index (χ1v) is 6.84. The van der Waals surface area contributed by atoms with Crippen LogP contribution >= 0.6 is 34.8 Å². The first-order valence-electron chi connectivity index (χ1n) is 5.71. The van der Waals surface area contributed by atoms with Crippen molar-refractivity contribution in [2.24, 2.45) is 0 Å². The van der Waals surface area contributed by atoms with E-state index in [9.17, 15) is 0 Å². The zero-order chi connectivity index (χ0) is 13.4. The Kier molecular flexibility index (Phi) is 3.40. The van der Waals surface area contributed by atoms with Crippen LogP contribution in [0.4, 0.5) is 0 Å². The Morgan fingerprint density at radius 3 is 2.53 bits per heavy atom. The van der Waals surface area contributed by atoms with Crippen LogP contribution in [0, 0.1) is 0 Å². The second-order valence-corrected chi connectivity index (χ2v) is 5.39. The Hall–Kier alpha value is -1.22. The summed E-state index contributed by atoms with van der Waals surface area (Å²) < 4.78 is 0. The summed E-state index contributed by atoms with van der Waals surface area (Å²) in [6.45, 7) is 0. The number of nitrogens with zero attached hydrogens (tertiary/aromatic N) is 1. The third-order valence-corrected chi connectivity index (χ3v) is 4.12. The number of aromatic nitrogens is 2. The molecule has 0 unspecified atom stereocenters. The number of hydrogen-bond acceptors (Lipinski definition) is 1. The maximum Gasteiger partial charge on any atom is 0.159 e. The summed E-state index contributed by atoms with van der Waals surface area (Å²) in [4.78, 5) is 0. The molecule has 0 fully saturated rings. The number of rotatable bonds is 2. The third kappa shape index (κ3) is 2.32. The van der Waals surface area contributed by atoms with E-state index in [0.29, 0.717) is 21.6 Å². The summed E-state index contributed by atoms with van der Waals surface area (Å²) in [6.07, 6.45) is 0.663. The maximum atomic E-state index is 6.32. The first-order chi connectivity index (χ1) is 9.16. The fraction of sp³-hybridized carbons (Fsp3) is 0.0714. The Bertz CT molecular complexity index is 735. The topological polar surface area (TPSA) is 28.7 Å². The Morgan fingerprint density at radius 2 is 1.79 bits per heavy atom. The fourth-order valence-corrected chi connectivity index (χ4v) is 2.83. The second kappa shape index (κ2) is 5.04. The van der Waals surface area contributed by atoms with Gasteiger partial charge in [-0.1, -0.05) is 65.1 Å². The van der Waals surface area contributed by atoms with Crippen LogP contribution < -0.4 is 0 Å². The van der Waals surface area contributed by atoms with Crippen molar-refractivity contribution in [2.45, 2.75) is 6.42 Å². The summed E-state index contributed by atoms with van der Waals surface area (Å²) in [5, 5.41) is 9.14. The average molecular weight is 312 g/mol. The number of hydrogen-bond donors (Lipinski definition) is 1. The van der Waals surface area contributed by atoms with Gasteiger partial charge in [0.05, 0.1) is 15.6 Å². The van der Waals surface area contributed by atoms with Crippen LogP contribution in [0.1, 0.15) is 11.1 Å². The van der Waals surface area contributed by atoms with Crippen LogP contribution in [0.5, 0.6) is 0 Å². The fourth-order valence-electron chi connectivity index (χ4n) is 2.13. The Morgan fingerprint density at radius 1 is 1.05 bits per heavy atom. The maximum absolute atomic E-state index is 6.32. The molecule has 0 radical (unpaired) electrons. The van der Waals surface area contributed by atoms with Crippen molar-refractivity contribution in [1.82, 2.24) is 10.2 Å². The molecule has 0 saturated heterocycles. The van der Waals surface area contributed by atoms with Crippen LogP contribution in [0.15, 0.2) is 36.4 Å². The van der Waals surface area contributed by atoms with Crippen molar-refractivity contribution in [3.63, 3.8) is 0 Å². The smallest absolute Gasteiger partial charge is 0.159 e. The average Bonchev–Trinajstić information content (AvgIpc) is 2.77. The van der Waals surface area contributed by atoms with E-state index < -0.39 is 0 Å². The molecule has 0 amide bonds. The van der Waals surface area contributed by atoms with Gasteiger partial charge in [-0.3, -0.25) is 5.10 Å². The molecule has 3 rings (SSSR count). The predicted octanol–water partition coefficient (Wildman–Crippen LogP) is 5.11. The highest BCUT2D eigenvalue weighted by atomic mass is 35.5. The molecule has 0 aliphatic carbocycles. The molecular weight excluding hydrogens is 303 g/mol. The van der Waals surface area contributed by atoms with E-state index in [1.165, 1.54) is 0 Å². The van der Waals surface area contributed by atoms with Crippen molar-refractivity contribution >= 4 is 45.7 Å². The number of halogens is 3. The van der Waals surface area contributed by atoms with Gasteiger partial charge in [-0.05, 0) is 23.6 Å². The summed E-state index contributed by atoms with van der Waals surface area (Å²) >= 11 is 18.6. The second-order valence-electron chi connectivity index (χ2n) is 4.25. The van der Waals surface area contributed by atoms with Crippen LogP contribution in [0.3, 0.4) is 0 Å². The van der Waals surface area contributed by atoms with Gasteiger partial charge in [-0.2, -0.15) is 5.10 Å². The molecule has 1 N–H and O–H groups in total. The number of H-pyrrole nitrogens is 1. The predicted molar refractivity (Wildman–Crippen MR) is 80.4 cm³/mol. The summed E-state index contributed by atoms with van der Waals surface area (Å²) in [7, 11) is 0. The number of aromatic amines is 1. The zero-order valence-corrected chi connectivity index (χ0v) is 12.0. The summed E-state index contributed by atoms with van der Waals surface area (Å²) in [5.74, 6) is 0. The molecule has 0 aliphatic heterocycles. The zero-order valence-electron chi connectivity index (χ0n) is 9.75. The molecule has 0 bridgehead atoms. The largest absolute Gasteiger partial charge is 0.276 e. The van der Waals surface area contributed by atoms with Crippen LogP contribution in [-0.2, 0) is 6.42 Å². The summed E-state index contributed by atoms with van der Waals surface area (Å²) in [6, 6.07) is 11.8. The molecular formula is C14H9Cl3N2. The highest BCUT2D eigenvalue weighted by Gasteiger charge is 2.16. The van der Waals surface area contributed by atoms with E-state index in [-0.39, 0.29) is 0 Å². The van der Waals surface area contributed by atoms with E-state index in [2.05, 4.69) is 10.2 Å². The minimum absolute atomic E-state index is 0.416. The van der Waals surface area contributed by atoms with Crippen LogP contribution in [-0.4, -0.2) is 10.2 Å². The molecule has 1 heterocycles. The van der Waals surface area contributed by atoms with Gasteiger partial charge in [0.15, 0.2) is 5.15 Å². The highest BCUT2D eigenvalue weighted by Crippen LogP contribution is 2.36. The molecule has 0 aliphatic rings. The lowest BCUT2D eigenvalue weighted by Crippen LogP contribution is -1.91. The van der Waals surface area contributed by atoms with E-state index >= 15 is 0 Å². The van der Waals surface area contributed by atoms with Crippen LogP contribution in [0.25, 0.3) is 10.9 Å². The van der Waals surface area contributed by atoms with E-state index in [1.54, 1.807) is 6.07 Å². The molecule has 0 atom stereocenters. The van der Waals surface area contributed by atoms with Crippen molar-refractivity contribution < 1.29 is 0 Å². The number of benzene rings is 2. The molecule has 19 heavy (non-hydrogen) atoms. The first kappa shape index (κ1) is 12.8. The third-order valence-electron chi connectivity index (χ3n) is 3.02. The molecule has 2 nitrogen and oxygen atoms in total. The molecule has 3 aromatic rings. The lowest BCUT2D eigenvalue weighted by molar-refractivity contribution is 1.12. The van der Waals surface area contributed by atoms with Gasteiger partial charge >= 0.3 is 0 Å². The Balaban J connectivity index is 2.21. The van der Waals surface area contributed by atoms with Gasteiger partial charge in [-0.15, -0.1) is 0 Å². The van der Waals surface area contributed by atoms with Crippen molar-refractivity contribution in [3.05, 3.63) is 62.7 Å². The van der Waals surface area contributed by atoms with Crippen molar-refractivity contribution in [1.29, 1.82) is 0 Å². The highest BCUT2D eigenvalue weighted by molar-refractivity contribution is 6.44. The molecule has 0 spiro atoms. The van der Waals surface area contributed by atoms with Crippen molar-refractivity contribution in [2.75, 3.05) is 0 Å². The molecule has 2 aromatic carbocycles. The quantitative estimate of drug-likeness (QED) is 0.699. The van der Waals surface area contributed by atoms with Crippen LogP contribution in [0.2, 0.25) is 15.2 Å². The van der Waals surface area contributed by atoms with Gasteiger partial charge in [0.1, 0.15) is 0 Å². The lowest BCUT2D eigenvalue weighted by Gasteiger charge is -2.08. The molecule has 0 saturated carbocycles. The van der Waals surface area contributed by atoms with Crippen molar-refractivity contribution in [3.8, 4) is 0 Å². The molecule has 1 aromatic heterocycles. The monoisotopic (exact) mass is 310 g/mol. The van der Waals surface area contributed by atoms with Gasteiger partial charge < -0.3 is 0 Å². The SMILES string of the molecule is Clc1cc2[nH]nc(Cl)c2c(Cc2ccccc2)c1Cl. The number of fused-ring (bicyclic) bond motifs is 1. The van der Waals surface area contributed by atoms with E-state index in [1.807, 2.05) is 30.3 Å². The lowest BCUT2D eigenvalue weighted by atomic mass is 10.0. The normalized spacial score (nSPS) is 11.1. The van der Waals surface area contributed by atoms with Gasteiger partial charge in [0.25, 0.3) is 0 Å². The van der Waals surface area contributed by atoms with Gasteiger partial charge in [0.2, 0.25) is 0 Å². The van der Waals surface area contributed by atoms with E-state index in [4.69, 9.17) is 34.8 Å². The standard InChI is InChI=1S/C14H9Cl3N2/c15-10-7-11-12(14(17)19-18-11)9(13(10)16)6-8-4-2-1-3-5-8/h1-5,7H,6H2,(H,18,19). The minimum Gasteiger partial charge on any atom is -0.276 e. The van der Waals surface area contributed by atoms with Gasteiger partial charge in [-0.25, -0.2) is 0 Å². The Labute approximate surface area is 125 Å². The molecule has 5 heteroatoms. The minimum atomic E-state index is 0.416. The number of nitrogens with one attached hydrogen (secondary N) is 1. The molecule has 96 valence electrons. The van der Waals surface area contributed by atoms with E-state index in [0.717, 1.165) is 22.0 Å².